The molecule has 0 aromatic carbocycles. The molecule has 1 aliphatic heterocycles. The summed E-state index contributed by atoms with van der Waals surface area (Å²) in [6.07, 6.45) is 5.31. The van der Waals surface area contributed by atoms with E-state index in [2.05, 4.69) is 39.6 Å². The summed E-state index contributed by atoms with van der Waals surface area (Å²) in [7, 11) is 0. The largest absolute Gasteiger partial charge is 0.376 e. The van der Waals surface area contributed by atoms with E-state index in [4.69, 9.17) is 10.5 Å². The molecule has 128 valence electrons. The highest BCUT2D eigenvalue weighted by molar-refractivity contribution is 7.10. The van der Waals surface area contributed by atoms with Gasteiger partial charge in [-0.25, -0.2) is 0 Å². The van der Waals surface area contributed by atoms with Crippen LogP contribution < -0.4 is 11.1 Å². The van der Waals surface area contributed by atoms with Gasteiger partial charge in [-0.05, 0) is 31.2 Å². The first kappa shape index (κ1) is 16.7. The van der Waals surface area contributed by atoms with E-state index >= 15 is 0 Å². The Morgan fingerprint density at radius 2 is 2.35 bits per heavy atom. The van der Waals surface area contributed by atoms with Gasteiger partial charge in [-0.15, -0.1) is 11.3 Å². The molecule has 3 N–H and O–H groups in total. The van der Waals surface area contributed by atoms with E-state index in [0.717, 1.165) is 19.7 Å². The van der Waals surface area contributed by atoms with Crippen molar-refractivity contribution < 1.29 is 4.74 Å². The van der Waals surface area contributed by atoms with Crippen LogP contribution in [0.15, 0.2) is 22.5 Å². The van der Waals surface area contributed by atoms with Gasteiger partial charge < -0.3 is 15.8 Å². The van der Waals surface area contributed by atoms with E-state index in [1.54, 1.807) is 11.3 Å². The Labute approximate surface area is 142 Å². The van der Waals surface area contributed by atoms with Gasteiger partial charge in [0.15, 0.2) is 5.96 Å². The number of thiophene rings is 1. The molecule has 2 unspecified atom stereocenters. The molecule has 1 saturated heterocycles. The SMILES string of the molecule is CC1CN(C(CN=C(N)NC2CCCC2)c2cccs2)CCO1. The van der Waals surface area contributed by atoms with Gasteiger partial charge in [-0.1, -0.05) is 18.9 Å². The Morgan fingerprint density at radius 1 is 1.52 bits per heavy atom. The smallest absolute Gasteiger partial charge is 0.188 e. The van der Waals surface area contributed by atoms with E-state index in [0.29, 0.717) is 24.6 Å². The Hall–Kier alpha value is -1.11. The molecule has 3 rings (SSSR count). The van der Waals surface area contributed by atoms with Crippen molar-refractivity contribution in [3.63, 3.8) is 0 Å². The molecule has 2 heterocycles. The second kappa shape index (κ2) is 8.13. The summed E-state index contributed by atoms with van der Waals surface area (Å²) >= 11 is 1.80. The van der Waals surface area contributed by atoms with Crippen molar-refractivity contribution in [3.8, 4) is 0 Å². The minimum atomic E-state index is 0.282. The normalized spacial score (nSPS) is 25.6. The maximum Gasteiger partial charge on any atom is 0.188 e. The number of rotatable bonds is 5. The summed E-state index contributed by atoms with van der Waals surface area (Å²) in [6.45, 7) is 5.55. The lowest BCUT2D eigenvalue weighted by Crippen LogP contribution is -2.44. The standard InChI is InChI=1S/C17H28N4OS/c1-13-12-21(8-9-22-13)15(16-7-4-10-23-16)11-19-17(18)20-14-5-2-3-6-14/h4,7,10,13-15H,2-3,5-6,8-9,11-12H2,1H3,(H3,18,19,20). The Balaban J connectivity index is 1.63. The predicted molar refractivity (Wildman–Crippen MR) is 95.9 cm³/mol. The van der Waals surface area contributed by atoms with E-state index in [9.17, 15) is 0 Å². The summed E-state index contributed by atoms with van der Waals surface area (Å²) < 4.78 is 5.68. The molecule has 23 heavy (non-hydrogen) atoms. The predicted octanol–water partition coefficient (Wildman–Crippen LogP) is 2.36. The maximum absolute atomic E-state index is 6.11. The first-order valence-corrected chi connectivity index (χ1v) is 9.56. The van der Waals surface area contributed by atoms with Crippen molar-refractivity contribution in [1.82, 2.24) is 10.2 Å². The van der Waals surface area contributed by atoms with Crippen molar-refractivity contribution in [2.75, 3.05) is 26.2 Å². The fourth-order valence-electron chi connectivity index (χ4n) is 3.50. The number of morpholine rings is 1. The number of nitrogens with zero attached hydrogens (tertiary/aromatic N) is 2. The van der Waals surface area contributed by atoms with Gasteiger partial charge in [-0.3, -0.25) is 9.89 Å². The van der Waals surface area contributed by atoms with Gasteiger partial charge in [0.05, 0.1) is 25.3 Å². The Kier molecular flexibility index (Phi) is 5.91. The first-order valence-electron chi connectivity index (χ1n) is 8.68. The number of nitrogens with two attached hydrogens (primary N) is 1. The third-order valence-corrected chi connectivity index (χ3v) is 5.70. The number of guanidine groups is 1. The monoisotopic (exact) mass is 336 g/mol. The van der Waals surface area contributed by atoms with Gasteiger partial charge >= 0.3 is 0 Å². The lowest BCUT2D eigenvalue weighted by atomic mass is 10.1. The molecular formula is C17H28N4OS. The average molecular weight is 337 g/mol. The third-order valence-electron chi connectivity index (χ3n) is 4.73. The fourth-order valence-corrected chi connectivity index (χ4v) is 4.36. The minimum Gasteiger partial charge on any atom is -0.376 e. The number of nitrogens with one attached hydrogen (secondary N) is 1. The Bertz CT molecular complexity index is 499. The van der Waals surface area contributed by atoms with Crippen molar-refractivity contribution >= 4 is 17.3 Å². The zero-order valence-electron chi connectivity index (χ0n) is 13.9. The molecule has 1 aromatic heterocycles. The second-order valence-corrected chi connectivity index (χ2v) is 7.54. The van der Waals surface area contributed by atoms with Gasteiger partial charge in [0.2, 0.25) is 0 Å². The molecule has 2 aliphatic rings. The van der Waals surface area contributed by atoms with Crippen LogP contribution in [0.25, 0.3) is 0 Å². The molecule has 0 bridgehead atoms. The molecule has 0 amide bonds. The number of hydrogen-bond acceptors (Lipinski definition) is 4. The third kappa shape index (κ3) is 4.68. The molecule has 0 spiro atoms. The number of hydrogen-bond donors (Lipinski definition) is 2. The van der Waals surface area contributed by atoms with Crippen LogP contribution in [0.4, 0.5) is 0 Å². The molecular weight excluding hydrogens is 308 g/mol. The highest BCUT2D eigenvalue weighted by Crippen LogP contribution is 2.27. The van der Waals surface area contributed by atoms with E-state index in [-0.39, 0.29) is 6.10 Å². The molecule has 2 fully saturated rings. The maximum atomic E-state index is 6.11. The fraction of sp³-hybridized carbons (Fsp3) is 0.706. The number of aliphatic imine (C=N–C) groups is 1. The first-order chi connectivity index (χ1) is 11.2. The van der Waals surface area contributed by atoms with E-state index < -0.39 is 0 Å². The molecule has 1 aromatic rings. The van der Waals surface area contributed by atoms with Crippen LogP contribution in [-0.4, -0.2) is 49.2 Å². The van der Waals surface area contributed by atoms with Crippen LogP contribution in [-0.2, 0) is 4.74 Å². The molecule has 0 radical (unpaired) electrons. The summed E-state index contributed by atoms with van der Waals surface area (Å²) in [6, 6.07) is 5.12. The van der Waals surface area contributed by atoms with Crippen LogP contribution in [0.5, 0.6) is 0 Å². The topological polar surface area (TPSA) is 62.9 Å². The molecule has 1 saturated carbocycles. The van der Waals surface area contributed by atoms with Crippen LogP contribution >= 0.6 is 11.3 Å². The summed E-state index contributed by atoms with van der Waals surface area (Å²) in [5.41, 5.74) is 6.11. The van der Waals surface area contributed by atoms with Gasteiger partial charge in [0, 0.05) is 24.0 Å². The second-order valence-electron chi connectivity index (χ2n) is 6.56. The lowest BCUT2D eigenvalue weighted by molar-refractivity contribution is -0.0327. The Morgan fingerprint density at radius 3 is 3.04 bits per heavy atom. The zero-order valence-corrected chi connectivity index (χ0v) is 14.7. The van der Waals surface area contributed by atoms with E-state index in [1.807, 2.05) is 0 Å². The van der Waals surface area contributed by atoms with Crippen LogP contribution in [0.1, 0.15) is 43.5 Å². The summed E-state index contributed by atoms with van der Waals surface area (Å²) in [5, 5.41) is 5.51. The number of ether oxygens (including phenoxy) is 1. The van der Waals surface area contributed by atoms with Crippen molar-refractivity contribution in [3.05, 3.63) is 22.4 Å². The van der Waals surface area contributed by atoms with Crippen molar-refractivity contribution in [1.29, 1.82) is 0 Å². The highest BCUT2D eigenvalue weighted by Gasteiger charge is 2.26. The van der Waals surface area contributed by atoms with Crippen molar-refractivity contribution in [2.45, 2.75) is 50.8 Å². The molecule has 6 heteroatoms. The lowest BCUT2D eigenvalue weighted by Gasteiger charge is -2.36. The quantitative estimate of drug-likeness (QED) is 0.640. The van der Waals surface area contributed by atoms with Crippen molar-refractivity contribution in [2.24, 2.45) is 10.7 Å². The summed E-state index contributed by atoms with van der Waals surface area (Å²) in [5.74, 6) is 0.597. The van der Waals surface area contributed by atoms with E-state index in [1.165, 1.54) is 30.6 Å². The van der Waals surface area contributed by atoms with Gasteiger partial charge in [-0.2, -0.15) is 0 Å². The van der Waals surface area contributed by atoms with Crippen LogP contribution in [0.2, 0.25) is 0 Å². The molecule has 5 nitrogen and oxygen atoms in total. The van der Waals surface area contributed by atoms with Crippen LogP contribution in [0, 0.1) is 0 Å². The summed E-state index contributed by atoms with van der Waals surface area (Å²) in [4.78, 5) is 8.49. The van der Waals surface area contributed by atoms with Gasteiger partial charge in [0.25, 0.3) is 0 Å². The molecule has 1 aliphatic carbocycles. The minimum absolute atomic E-state index is 0.282. The zero-order chi connectivity index (χ0) is 16.1. The van der Waals surface area contributed by atoms with Crippen LogP contribution in [0.3, 0.4) is 0 Å². The van der Waals surface area contributed by atoms with Gasteiger partial charge in [0.1, 0.15) is 0 Å². The highest BCUT2D eigenvalue weighted by atomic mass is 32.1. The average Bonchev–Trinajstić information content (AvgIpc) is 3.21. The molecule has 2 atom stereocenters.